The van der Waals surface area contributed by atoms with Crippen molar-refractivity contribution in [2.24, 2.45) is 0 Å². The molecule has 0 saturated heterocycles. The number of nitrogens with zero attached hydrogens (tertiary/aromatic N) is 1. The highest BCUT2D eigenvalue weighted by Crippen LogP contribution is 2.13. The van der Waals surface area contributed by atoms with E-state index in [1.54, 1.807) is 6.92 Å². The van der Waals surface area contributed by atoms with Crippen LogP contribution >= 0.6 is 0 Å². The maximum absolute atomic E-state index is 10.3. The molecule has 15 heavy (non-hydrogen) atoms. The summed E-state index contributed by atoms with van der Waals surface area (Å²) in [7, 11) is 0. The third kappa shape index (κ3) is 4.28. The van der Waals surface area contributed by atoms with E-state index in [2.05, 4.69) is 10.3 Å². The molecular formula is C9H12N2O4. The van der Waals surface area contributed by atoms with Crippen LogP contribution in [0.1, 0.15) is 6.92 Å². The molecule has 1 aromatic heterocycles. The summed E-state index contributed by atoms with van der Waals surface area (Å²) >= 11 is 0. The average molecular weight is 212 g/mol. The summed E-state index contributed by atoms with van der Waals surface area (Å²) in [4.78, 5) is 14.2. The number of rotatable bonds is 4. The van der Waals surface area contributed by atoms with Crippen LogP contribution in [0.25, 0.3) is 0 Å². The molecule has 1 rings (SSSR count). The molecule has 82 valence electrons. The molecule has 1 atom stereocenters. The third-order valence-corrected chi connectivity index (χ3v) is 1.46. The maximum atomic E-state index is 10.3. The topological polar surface area (TPSA) is 91.7 Å². The quantitative estimate of drug-likeness (QED) is 0.690. The Bertz CT molecular complexity index is 341. The molecule has 0 aliphatic heterocycles. The van der Waals surface area contributed by atoms with E-state index in [4.69, 9.17) is 14.9 Å². The number of aromatic nitrogens is 1. The van der Waals surface area contributed by atoms with E-state index < -0.39 is 12.2 Å². The Morgan fingerprint density at radius 3 is 3.07 bits per heavy atom. The first-order valence-electron chi connectivity index (χ1n) is 4.35. The summed E-state index contributed by atoms with van der Waals surface area (Å²) in [6.45, 7) is 1.70. The van der Waals surface area contributed by atoms with Crippen LogP contribution in [0.5, 0.6) is 5.88 Å². The molecule has 0 bridgehead atoms. The van der Waals surface area contributed by atoms with Gasteiger partial charge in [0.05, 0.1) is 11.8 Å². The molecule has 0 spiro atoms. The van der Waals surface area contributed by atoms with Crippen molar-refractivity contribution in [3.05, 3.63) is 18.3 Å². The highest BCUT2D eigenvalue weighted by Gasteiger charge is 2.02. The molecular weight excluding hydrogens is 200 g/mol. The smallest absolute Gasteiger partial charge is 0.409 e. The van der Waals surface area contributed by atoms with E-state index in [0.717, 1.165) is 0 Å². The standard InChI is InChI=1S/C9H12N2O4/c1-6(12)5-15-8-4-7(2-3-10-8)11-9(13)14/h2-4,6,12H,5H2,1H3,(H,10,11)(H,13,14)/t6-/m1/s1. The van der Waals surface area contributed by atoms with E-state index in [1.165, 1.54) is 18.3 Å². The Kier molecular flexibility index (Phi) is 3.87. The lowest BCUT2D eigenvalue weighted by atomic mass is 10.4. The normalized spacial score (nSPS) is 11.9. The van der Waals surface area contributed by atoms with Crippen molar-refractivity contribution in [1.29, 1.82) is 0 Å². The van der Waals surface area contributed by atoms with Crippen LogP contribution in [0.3, 0.4) is 0 Å². The van der Waals surface area contributed by atoms with Gasteiger partial charge in [0.15, 0.2) is 0 Å². The number of anilines is 1. The number of aliphatic hydroxyl groups excluding tert-OH is 1. The molecule has 0 unspecified atom stereocenters. The highest BCUT2D eigenvalue weighted by molar-refractivity contribution is 5.82. The van der Waals surface area contributed by atoms with Crippen LogP contribution in [0.15, 0.2) is 18.3 Å². The van der Waals surface area contributed by atoms with Crippen molar-refractivity contribution in [3.63, 3.8) is 0 Å². The largest absolute Gasteiger partial charge is 0.475 e. The first-order chi connectivity index (χ1) is 7.08. The maximum Gasteiger partial charge on any atom is 0.409 e. The van der Waals surface area contributed by atoms with Gasteiger partial charge in [-0.15, -0.1) is 0 Å². The fourth-order valence-electron chi connectivity index (χ4n) is 0.896. The van der Waals surface area contributed by atoms with E-state index in [-0.39, 0.29) is 12.5 Å². The van der Waals surface area contributed by atoms with Crippen LogP contribution in [0.2, 0.25) is 0 Å². The van der Waals surface area contributed by atoms with E-state index >= 15 is 0 Å². The molecule has 0 aliphatic rings. The lowest BCUT2D eigenvalue weighted by Gasteiger charge is -2.08. The molecule has 6 heteroatoms. The van der Waals surface area contributed by atoms with E-state index in [0.29, 0.717) is 5.69 Å². The summed E-state index contributed by atoms with van der Waals surface area (Å²) in [5.74, 6) is 0.266. The second kappa shape index (κ2) is 5.16. The van der Waals surface area contributed by atoms with Crippen LogP contribution in [0.4, 0.5) is 10.5 Å². The Morgan fingerprint density at radius 2 is 2.47 bits per heavy atom. The minimum atomic E-state index is -1.15. The number of amides is 1. The zero-order valence-electron chi connectivity index (χ0n) is 8.17. The first kappa shape index (κ1) is 11.3. The SMILES string of the molecule is C[C@@H](O)COc1cc(NC(=O)O)ccn1. The van der Waals surface area contributed by atoms with Crippen LogP contribution < -0.4 is 10.1 Å². The van der Waals surface area contributed by atoms with Gasteiger partial charge in [-0.05, 0) is 13.0 Å². The molecule has 0 aliphatic carbocycles. The Labute approximate surface area is 86.5 Å². The van der Waals surface area contributed by atoms with Gasteiger partial charge in [0.25, 0.3) is 0 Å². The van der Waals surface area contributed by atoms with Crippen molar-refractivity contribution in [1.82, 2.24) is 4.98 Å². The number of carboxylic acid groups (broad SMARTS) is 1. The first-order valence-corrected chi connectivity index (χ1v) is 4.35. The molecule has 1 amide bonds. The minimum absolute atomic E-state index is 0.115. The predicted molar refractivity (Wildman–Crippen MR) is 53.1 cm³/mol. The van der Waals surface area contributed by atoms with Crippen LogP contribution in [0, 0.1) is 0 Å². The van der Waals surface area contributed by atoms with Gasteiger partial charge in [0, 0.05) is 12.3 Å². The van der Waals surface area contributed by atoms with Gasteiger partial charge in [-0.1, -0.05) is 0 Å². The fraction of sp³-hybridized carbons (Fsp3) is 0.333. The van der Waals surface area contributed by atoms with Crippen molar-refractivity contribution in [3.8, 4) is 5.88 Å². The molecule has 0 fully saturated rings. The summed E-state index contributed by atoms with van der Waals surface area (Å²) in [5.41, 5.74) is 0.373. The van der Waals surface area contributed by atoms with Crippen LogP contribution in [-0.2, 0) is 0 Å². The molecule has 0 saturated carbocycles. The van der Waals surface area contributed by atoms with Crippen molar-refractivity contribution in [2.75, 3.05) is 11.9 Å². The number of hydrogen-bond acceptors (Lipinski definition) is 4. The van der Waals surface area contributed by atoms with Gasteiger partial charge in [0.2, 0.25) is 5.88 Å². The lowest BCUT2D eigenvalue weighted by Crippen LogP contribution is -2.13. The summed E-state index contributed by atoms with van der Waals surface area (Å²) < 4.78 is 5.10. The molecule has 6 nitrogen and oxygen atoms in total. The lowest BCUT2D eigenvalue weighted by molar-refractivity contribution is 0.120. The molecule has 0 radical (unpaired) electrons. The van der Waals surface area contributed by atoms with Crippen LogP contribution in [-0.4, -0.2) is 34.0 Å². The molecule has 1 aromatic rings. The van der Waals surface area contributed by atoms with E-state index in [9.17, 15) is 4.79 Å². The summed E-state index contributed by atoms with van der Waals surface area (Å²) in [6, 6.07) is 2.94. The summed E-state index contributed by atoms with van der Waals surface area (Å²) in [5, 5.41) is 19.6. The number of nitrogens with one attached hydrogen (secondary N) is 1. The number of hydrogen-bond donors (Lipinski definition) is 3. The zero-order chi connectivity index (χ0) is 11.3. The average Bonchev–Trinajstić information content (AvgIpc) is 2.14. The van der Waals surface area contributed by atoms with Gasteiger partial charge in [-0.25, -0.2) is 9.78 Å². The Hall–Kier alpha value is -1.82. The van der Waals surface area contributed by atoms with Crippen molar-refractivity contribution < 1.29 is 19.7 Å². The molecule has 3 N–H and O–H groups in total. The minimum Gasteiger partial charge on any atom is -0.475 e. The second-order valence-corrected chi connectivity index (χ2v) is 2.97. The Morgan fingerprint density at radius 1 is 1.73 bits per heavy atom. The summed E-state index contributed by atoms with van der Waals surface area (Å²) in [6.07, 6.45) is -0.326. The zero-order valence-corrected chi connectivity index (χ0v) is 8.17. The van der Waals surface area contributed by atoms with Gasteiger partial charge < -0.3 is 14.9 Å². The van der Waals surface area contributed by atoms with Gasteiger partial charge >= 0.3 is 6.09 Å². The van der Waals surface area contributed by atoms with Gasteiger partial charge in [-0.2, -0.15) is 0 Å². The molecule has 1 heterocycles. The van der Waals surface area contributed by atoms with Gasteiger partial charge in [0.1, 0.15) is 6.61 Å². The Balaban J connectivity index is 2.61. The monoisotopic (exact) mass is 212 g/mol. The number of carbonyl (C=O) groups is 1. The second-order valence-electron chi connectivity index (χ2n) is 2.97. The molecule has 0 aromatic carbocycles. The van der Waals surface area contributed by atoms with E-state index in [1.807, 2.05) is 0 Å². The number of ether oxygens (including phenoxy) is 1. The fourth-order valence-corrected chi connectivity index (χ4v) is 0.896. The van der Waals surface area contributed by atoms with Crippen molar-refractivity contribution in [2.45, 2.75) is 13.0 Å². The van der Waals surface area contributed by atoms with Crippen molar-refractivity contribution >= 4 is 11.8 Å². The number of aliphatic hydroxyl groups is 1. The highest BCUT2D eigenvalue weighted by atomic mass is 16.5. The number of pyridine rings is 1. The predicted octanol–water partition coefficient (Wildman–Crippen LogP) is 0.931. The third-order valence-electron chi connectivity index (χ3n) is 1.46. The van der Waals surface area contributed by atoms with Gasteiger partial charge in [-0.3, -0.25) is 5.32 Å².